The monoisotopic (exact) mass is 392 g/mol. The van der Waals surface area contributed by atoms with Crippen LogP contribution in [0, 0.1) is 0 Å². The molecule has 0 spiro atoms. The van der Waals surface area contributed by atoms with Crippen molar-refractivity contribution in [2.45, 2.75) is 24.0 Å². The Morgan fingerprint density at radius 3 is 2.26 bits per heavy atom. The summed E-state index contributed by atoms with van der Waals surface area (Å²) in [5.74, 6) is -0.231. The molecule has 6 heteroatoms. The number of thioether (sulfide) groups is 1. The van der Waals surface area contributed by atoms with Crippen molar-refractivity contribution in [1.82, 2.24) is 0 Å². The summed E-state index contributed by atoms with van der Waals surface area (Å²) in [5, 5.41) is 5.32. The van der Waals surface area contributed by atoms with E-state index in [0.29, 0.717) is 11.4 Å². The van der Waals surface area contributed by atoms with Gasteiger partial charge in [0.1, 0.15) is 0 Å². The molecule has 2 aromatic rings. The van der Waals surface area contributed by atoms with Crippen LogP contribution in [0.25, 0.3) is 0 Å². The molecule has 0 fully saturated rings. The van der Waals surface area contributed by atoms with Crippen LogP contribution in [0.2, 0.25) is 0 Å². The SMILES string of the molecule is CC(=O)Nc1cccc(NC(=O)C(C)Sc2ccc(Br)cc2)c1. The van der Waals surface area contributed by atoms with Crippen LogP contribution in [0.4, 0.5) is 11.4 Å². The van der Waals surface area contributed by atoms with Crippen molar-refractivity contribution in [3.05, 3.63) is 53.0 Å². The van der Waals surface area contributed by atoms with Crippen LogP contribution in [0.5, 0.6) is 0 Å². The molecule has 0 radical (unpaired) electrons. The number of hydrogen-bond acceptors (Lipinski definition) is 3. The van der Waals surface area contributed by atoms with Gasteiger partial charge in [-0.15, -0.1) is 11.8 Å². The van der Waals surface area contributed by atoms with Crippen molar-refractivity contribution in [3.63, 3.8) is 0 Å². The van der Waals surface area contributed by atoms with Gasteiger partial charge in [-0.3, -0.25) is 9.59 Å². The number of halogens is 1. The number of amides is 2. The molecule has 0 bridgehead atoms. The van der Waals surface area contributed by atoms with Crippen LogP contribution in [0.15, 0.2) is 57.9 Å². The highest BCUT2D eigenvalue weighted by Gasteiger charge is 2.14. The van der Waals surface area contributed by atoms with E-state index in [0.717, 1.165) is 9.37 Å². The largest absolute Gasteiger partial charge is 0.326 e. The minimum absolute atomic E-state index is 0.0853. The van der Waals surface area contributed by atoms with E-state index >= 15 is 0 Å². The summed E-state index contributed by atoms with van der Waals surface area (Å²) < 4.78 is 1.01. The first-order valence-corrected chi connectivity index (χ1v) is 8.72. The van der Waals surface area contributed by atoms with Gasteiger partial charge in [0, 0.05) is 27.7 Å². The molecule has 0 heterocycles. The second-order valence-corrected chi connectivity index (χ2v) is 7.30. The summed E-state index contributed by atoms with van der Waals surface area (Å²) in [7, 11) is 0. The van der Waals surface area contributed by atoms with Gasteiger partial charge >= 0.3 is 0 Å². The predicted molar refractivity (Wildman–Crippen MR) is 98.8 cm³/mol. The first-order chi connectivity index (χ1) is 10.9. The Kier molecular flexibility index (Phi) is 6.24. The molecule has 0 aliphatic rings. The van der Waals surface area contributed by atoms with Crippen LogP contribution >= 0.6 is 27.7 Å². The zero-order valence-electron chi connectivity index (χ0n) is 12.8. The van der Waals surface area contributed by atoms with E-state index in [1.165, 1.54) is 18.7 Å². The number of nitrogens with one attached hydrogen (secondary N) is 2. The molecule has 1 atom stereocenters. The van der Waals surface area contributed by atoms with Gasteiger partial charge in [0.2, 0.25) is 11.8 Å². The number of rotatable bonds is 5. The number of benzene rings is 2. The third kappa shape index (κ3) is 5.73. The lowest BCUT2D eigenvalue weighted by atomic mass is 10.2. The second kappa shape index (κ2) is 8.17. The molecule has 2 aromatic carbocycles. The van der Waals surface area contributed by atoms with Crippen molar-refractivity contribution < 1.29 is 9.59 Å². The van der Waals surface area contributed by atoms with Gasteiger partial charge in [0.25, 0.3) is 0 Å². The van der Waals surface area contributed by atoms with Crippen molar-refractivity contribution in [2.24, 2.45) is 0 Å². The van der Waals surface area contributed by atoms with Crippen LogP contribution in [-0.4, -0.2) is 17.1 Å². The van der Waals surface area contributed by atoms with E-state index in [4.69, 9.17) is 0 Å². The number of hydrogen-bond donors (Lipinski definition) is 2. The summed E-state index contributed by atoms with van der Waals surface area (Å²) >= 11 is 4.88. The Hall–Kier alpha value is -1.79. The maximum atomic E-state index is 12.3. The maximum absolute atomic E-state index is 12.3. The van der Waals surface area contributed by atoms with Gasteiger partial charge in [-0.25, -0.2) is 0 Å². The summed E-state index contributed by atoms with van der Waals surface area (Å²) in [6, 6.07) is 14.9. The zero-order valence-corrected chi connectivity index (χ0v) is 15.2. The molecule has 0 aliphatic heterocycles. The lowest BCUT2D eigenvalue weighted by Gasteiger charge is -2.13. The Bertz CT molecular complexity index is 704. The van der Waals surface area contributed by atoms with E-state index in [2.05, 4.69) is 26.6 Å². The Morgan fingerprint density at radius 2 is 1.65 bits per heavy atom. The van der Waals surface area contributed by atoms with Gasteiger partial charge in [-0.1, -0.05) is 22.0 Å². The molecule has 2 rings (SSSR count). The average Bonchev–Trinajstić information content (AvgIpc) is 2.49. The highest BCUT2D eigenvalue weighted by molar-refractivity contribution is 9.10. The standard InChI is InChI=1S/C17H17BrN2O2S/c1-11(23-16-8-6-13(18)7-9-16)17(22)20-15-5-3-4-14(10-15)19-12(2)21/h3-11H,1-2H3,(H,19,21)(H,20,22). The first-order valence-electron chi connectivity index (χ1n) is 7.05. The molecule has 2 N–H and O–H groups in total. The van der Waals surface area contributed by atoms with Crippen molar-refractivity contribution >= 4 is 50.9 Å². The molecule has 1 unspecified atom stereocenters. The molecular formula is C17H17BrN2O2S. The van der Waals surface area contributed by atoms with Crippen molar-refractivity contribution in [2.75, 3.05) is 10.6 Å². The summed E-state index contributed by atoms with van der Waals surface area (Å²) in [6.07, 6.45) is 0. The minimum atomic E-state index is -0.236. The summed E-state index contributed by atoms with van der Waals surface area (Å²) in [6.45, 7) is 3.31. The van der Waals surface area contributed by atoms with E-state index in [1.807, 2.05) is 31.2 Å². The number of carbonyl (C=O) groups is 2. The zero-order chi connectivity index (χ0) is 16.8. The molecule has 120 valence electrons. The lowest BCUT2D eigenvalue weighted by Crippen LogP contribution is -2.22. The fourth-order valence-electron chi connectivity index (χ4n) is 1.89. The van der Waals surface area contributed by atoms with Crippen LogP contribution in [-0.2, 0) is 9.59 Å². The topological polar surface area (TPSA) is 58.2 Å². The molecule has 23 heavy (non-hydrogen) atoms. The molecular weight excluding hydrogens is 376 g/mol. The smallest absolute Gasteiger partial charge is 0.237 e. The average molecular weight is 393 g/mol. The molecule has 4 nitrogen and oxygen atoms in total. The van der Waals surface area contributed by atoms with Gasteiger partial charge in [-0.05, 0) is 49.4 Å². The molecule has 0 saturated heterocycles. The first kappa shape index (κ1) is 17.6. The van der Waals surface area contributed by atoms with Gasteiger partial charge in [0.05, 0.1) is 5.25 Å². The van der Waals surface area contributed by atoms with Crippen molar-refractivity contribution in [3.8, 4) is 0 Å². The maximum Gasteiger partial charge on any atom is 0.237 e. The fourth-order valence-corrected chi connectivity index (χ4v) is 3.02. The normalized spacial score (nSPS) is 11.6. The summed E-state index contributed by atoms with van der Waals surface area (Å²) in [4.78, 5) is 24.4. The van der Waals surface area contributed by atoms with Crippen LogP contribution in [0.3, 0.4) is 0 Å². The molecule has 0 aromatic heterocycles. The predicted octanol–water partition coefficient (Wildman–Crippen LogP) is 4.53. The van der Waals surface area contributed by atoms with E-state index in [1.54, 1.807) is 24.3 Å². The minimum Gasteiger partial charge on any atom is -0.326 e. The third-order valence-electron chi connectivity index (χ3n) is 2.95. The Labute approximate surface area is 148 Å². The van der Waals surface area contributed by atoms with E-state index in [-0.39, 0.29) is 17.1 Å². The quantitative estimate of drug-likeness (QED) is 0.734. The number of anilines is 2. The Balaban J connectivity index is 1.97. The lowest BCUT2D eigenvalue weighted by molar-refractivity contribution is -0.115. The molecule has 2 amide bonds. The highest BCUT2D eigenvalue weighted by Crippen LogP contribution is 2.26. The number of carbonyl (C=O) groups excluding carboxylic acids is 2. The van der Waals surface area contributed by atoms with Gasteiger partial charge < -0.3 is 10.6 Å². The molecule has 0 aliphatic carbocycles. The van der Waals surface area contributed by atoms with E-state index in [9.17, 15) is 9.59 Å². The molecule has 0 saturated carbocycles. The van der Waals surface area contributed by atoms with Gasteiger partial charge in [0.15, 0.2) is 0 Å². The third-order valence-corrected chi connectivity index (χ3v) is 4.59. The second-order valence-electron chi connectivity index (χ2n) is 4.97. The van der Waals surface area contributed by atoms with E-state index < -0.39 is 0 Å². The Morgan fingerprint density at radius 1 is 1.04 bits per heavy atom. The van der Waals surface area contributed by atoms with Gasteiger partial charge in [-0.2, -0.15) is 0 Å². The van der Waals surface area contributed by atoms with Crippen LogP contribution in [0.1, 0.15) is 13.8 Å². The highest BCUT2D eigenvalue weighted by atomic mass is 79.9. The van der Waals surface area contributed by atoms with Crippen LogP contribution < -0.4 is 10.6 Å². The van der Waals surface area contributed by atoms with Crippen molar-refractivity contribution in [1.29, 1.82) is 0 Å². The fraction of sp³-hybridized carbons (Fsp3) is 0.176. The summed E-state index contributed by atoms with van der Waals surface area (Å²) in [5.41, 5.74) is 1.31.